The van der Waals surface area contributed by atoms with Crippen LogP contribution < -0.4 is 9.64 Å². The Morgan fingerprint density at radius 2 is 1.95 bits per heavy atom. The van der Waals surface area contributed by atoms with Crippen LogP contribution in [-0.4, -0.2) is 64.9 Å². The Bertz CT molecular complexity index is 1390. The van der Waals surface area contributed by atoms with E-state index in [1.165, 1.54) is 17.6 Å². The average Bonchev–Trinajstić information content (AvgIpc) is 3.56. The number of hydrogen-bond acceptors (Lipinski definition) is 8. The predicted octanol–water partition coefficient (Wildman–Crippen LogP) is 4.44. The number of benzene rings is 1. The van der Waals surface area contributed by atoms with E-state index in [1.807, 2.05) is 36.1 Å². The molecule has 0 unspecified atom stereocenters. The Morgan fingerprint density at radius 3 is 2.58 bits per heavy atom. The number of aromatic nitrogens is 1. The molecule has 200 valence electrons. The van der Waals surface area contributed by atoms with Gasteiger partial charge in [0, 0.05) is 19.6 Å². The lowest BCUT2D eigenvalue weighted by Gasteiger charge is -2.47. The van der Waals surface area contributed by atoms with Crippen LogP contribution in [0.25, 0.3) is 10.8 Å². The van der Waals surface area contributed by atoms with Crippen LogP contribution in [0, 0.1) is 12.3 Å². The zero-order valence-corrected chi connectivity index (χ0v) is 22.8. The van der Waals surface area contributed by atoms with Crippen molar-refractivity contribution in [2.45, 2.75) is 45.6 Å². The van der Waals surface area contributed by atoms with Crippen molar-refractivity contribution < 1.29 is 28.6 Å². The first kappa shape index (κ1) is 26.1. The van der Waals surface area contributed by atoms with Crippen molar-refractivity contribution in [2.24, 2.45) is 5.41 Å². The van der Waals surface area contributed by atoms with E-state index < -0.39 is 16.9 Å². The molecule has 9 nitrogen and oxygen atoms in total. The topological polar surface area (TPSA) is 113 Å². The van der Waals surface area contributed by atoms with Gasteiger partial charge in [0.1, 0.15) is 28.0 Å². The number of ether oxygens (including phenoxy) is 1. The third-order valence-electron chi connectivity index (χ3n) is 8.04. The van der Waals surface area contributed by atoms with Crippen molar-refractivity contribution in [3.05, 3.63) is 53.4 Å². The molecule has 0 aliphatic carbocycles. The fourth-order valence-corrected chi connectivity index (χ4v) is 6.82. The third-order valence-corrected chi connectivity index (χ3v) is 9.35. The number of fused-ring (bicyclic) bond motifs is 1. The molecule has 1 aromatic carbocycles. The minimum atomic E-state index is -1.24. The van der Waals surface area contributed by atoms with Crippen LogP contribution in [0.3, 0.4) is 0 Å². The van der Waals surface area contributed by atoms with Crippen molar-refractivity contribution in [1.82, 2.24) is 9.88 Å². The molecule has 1 amide bonds. The Kier molecular flexibility index (Phi) is 6.65. The number of hydrogen-bond donors (Lipinski definition) is 1. The van der Waals surface area contributed by atoms with Gasteiger partial charge in [0.15, 0.2) is 5.78 Å². The van der Waals surface area contributed by atoms with Gasteiger partial charge < -0.3 is 19.2 Å². The van der Waals surface area contributed by atoms with Gasteiger partial charge in [-0.1, -0.05) is 18.2 Å². The molecule has 1 saturated heterocycles. The molecular weight excluding hydrogens is 506 g/mol. The number of para-hydroxylation sites is 1. The number of likely N-dealkylation sites (tertiary alicyclic amines) is 1. The largest absolute Gasteiger partial charge is 0.496 e. The highest BCUT2D eigenvalue weighted by atomic mass is 32.1. The number of rotatable bonds is 7. The summed E-state index contributed by atoms with van der Waals surface area (Å²) in [5, 5.41) is 10.3. The Labute approximate surface area is 225 Å². The molecule has 2 aliphatic rings. The quantitative estimate of drug-likeness (QED) is 0.440. The van der Waals surface area contributed by atoms with Gasteiger partial charge >= 0.3 is 5.97 Å². The highest BCUT2D eigenvalue weighted by Gasteiger charge is 2.56. The SMILES string of the molecule is COc1ccccc1CCN1C(=O)C2(CCN(C(C)(C)C(=O)O)CC2)C(=O)c2c1sc(-c1ncco1)c2C. The first-order chi connectivity index (χ1) is 18.1. The number of thiophene rings is 1. The first-order valence-corrected chi connectivity index (χ1v) is 13.4. The maximum Gasteiger partial charge on any atom is 0.323 e. The molecule has 0 bridgehead atoms. The summed E-state index contributed by atoms with van der Waals surface area (Å²) in [4.78, 5) is 48.9. The summed E-state index contributed by atoms with van der Waals surface area (Å²) in [5.74, 6) is -0.183. The number of piperidine rings is 1. The number of aliphatic carboxylic acids is 1. The number of Topliss-reactive ketones (excluding diaryl/α,β-unsaturated/α-hetero) is 1. The van der Waals surface area contributed by atoms with Gasteiger partial charge in [-0.25, -0.2) is 4.98 Å². The monoisotopic (exact) mass is 537 g/mol. The molecular formula is C28H31N3O6S. The Balaban J connectivity index is 1.54. The summed E-state index contributed by atoms with van der Waals surface area (Å²) in [6.45, 7) is 6.22. The number of amides is 1. The number of methoxy groups -OCH3 is 1. The van der Waals surface area contributed by atoms with Gasteiger partial charge in [-0.3, -0.25) is 19.3 Å². The second-order valence-corrected chi connectivity index (χ2v) is 11.4. The van der Waals surface area contributed by atoms with E-state index in [0.29, 0.717) is 42.5 Å². The molecule has 0 radical (unpaired) electrons. The number of ketones is 1. The second-order valence-electron chi connectivity index (χ2n) is 10.4. The summed E-state index contributed by atoms with van der Waals surface area (Å²) in [6.07, 6.45) is 4.11. The van der Waals surface area contributed by atoms with Crippen molar-refractivity contribution in [3.63, 3.8) is 0 Å². The highest BCUT2D eigenvalue weighted by molar-refractivity contribution is 7.20. The van der Waals surface area contributed by atoms with E-state index in [4.69, 9.17) is 9.15 Å². The summed E-state index contributed by atoms with van der Waals surface area (Å²) < 4.78 is 11.1. The van der Waals surface area contributed by atoms with Crippen molar-refractivity contribution in [2.75, 3.05) is 31.6 Å². The third kappa shape index (κ3) is 4.03. The smallest absolute Gasteiger partial charge is 0.323 e. The summed E-state index contributed by atoms with van der Waals surface area (Å²) >= 11 is 1.35. The van der Waals surface area contributed by atoms with E-state index >= 15 is 0 Å². The van der Waals surface area contributed by atoms with Crippen LogP contribution in [0.4, 0.5) is 5.00 Å². The average molecular weight is 538 g/mol. The van der Waals surface area contributed by atoms with Crippen LogP contribution in [-0.2, 0) is 16.0 Å². The minimum Gasteiger partial charge on any atom is -0.496 e. The molecule has 2 aliphatic heterocycles. The van der Waals surface area contributed by atoms with E-state index in [0.717, 1.165) is 21.8 Å². The lowest BCUT2D eigenvalue weighted by atomic mass is 9.69. The lowest BCUT2D eigenvalue weighted by molar-refractivity contribution is -0.151. The Morgan fingerprint density at radius 1 is 1.24 bits per heavy atom. The number of nitrogens with zero attached hydrogens (tertiary/aromatic N) is 3. The number of carbonyl (C=O) groups excluding carboxylic acids is 2. The molecule has 10 heteroatoms. The van der Waals surface area contributed by atoms with Crippen LogP contribution in [0.5, 0.6) is 5.75 Å². The van der Waals surface area contributed by atoms with Gasteiger partial charge in [-0.05, 0) is 57.2 Å². The standard InChI is InChI=1S/C28H31N3O6S/c1-17-20-22(32)28(10-14-30(15-11-28)27(2,3)26(34)35)25(33)31(13-9-18-7-5-6-8-19(18)36-4)24(20)38-21(17)23-29-12-16-37-23/h5-8,12,16H,9-11,13-15H2,1-4H3,(H,34,35). The van der Waals surface area contributed by atoms with Crippen LogP contribution in [0.15, 0.2) is 41.1 Å². The van der Waals surface area contributed by atoms with Gasteiger partial charge in [-0.15, -0.1) is 11.3 Å². The van der Waals surface area contributed by atoms with Crippen molar-refractivity contribution >= 4 is 34.0 Å². The summed E-state index contributed by atoms with van der Waals surface area (Å²) in [5.41, 5.74) is -0.0743. The van der Waals surface area contributed by atoms with Crippen LogP contribution >= 0.6 is 11.3 Å². The second kappa shape index (κ2) is 9.67. The van der Waals surface area contributed by atoms with E-state index in [-0.39, 0.29) is 24.5 Å². The Hall–Kier alpha value is -3.50. The normalized spacial score (nSPS) is 17.6. The van der Waals surface area contributed by atoms with Crippen molar-refractivity contribution in [3.8, 4) is 16.5 Å². The molecule has 1 N–H and O–H groups in total. The summed E-state index contributed by atoms with van der Waals surface area (Å²) in [7, 11) is 1.62. The maximum absolute atomic E-state index is 14.3. The number of anilines is 1. The maximum atomic E-state index is 14.3. The molecule has 38 heavy (non-hydrogen) atoms. The van der Waals surface area contributed by atoms with E-state index in [1.54, 1.807) is 32.1 Å². The molecule has 2 aromatic heterocycles. The van der Waals surface area contributed by atoms with E-state index in [9.17, 15) is 19.5 Å². The number of carboxylic acids is 1. The summed E-state index contributed by atoms with van der Waals surface area (Å²) in [6, 6.07) is 7.69. The van der Waals surface area contributed by atoms with Crippen molar-refractivity contribution in [1.29, 1.82) is 0 Å². The number of carboxylic acid groups (broad SMARTS) is 1. The predicted molar refractivity (Wildman–Crippen MR) is 143 cm³/mol. The van der Waals surface area contributed by atoms with Gasteiger partial charge in [0.05, 0.1) is 23.7 Å². The van der Waals surface area contributed by atoms with Gasteiger partial charge in [0.25, 0.3) is 0 Å². The number of oxazole rings is 1. The van der Waals surface area contributed by atoms with Gasteiger partial charge in [-0.2, -0.15) is 0 Å². The molecule has 1 spiro atoms. The zero-order chi connectivity index (χ0) is 27.2. The molecule has 4 heterocycles. The highest BCUT2D eigenvalue weighted by Crippen LogP contribution is 2.51. The van der Waals surface area contributed by atoms with Gasteiger partial charge in [0.2, 0.25) is 11.8 Å². The zero-order valence-electron chi connectivity index (χ0n) is 21.9. The van der Waals surface area contributed by atoms with Crippen LogP contribution in [0.2, 0.25) is 0 Å². The molecule has 1 fully saturated rings. The fourth-order valence-electron chi connectivity index (χ4n) is 5.55. The molecule has 3 aromatic rings. The molecule has 5 rings (SSSR count). The number of carbonyl (C=O) groups is 3. The molecule has 0 atom stereocenters. The minimum absolute atomic E-state index is 0.189. The molecule has 0 saturated carbocycles. The lowest BCUT2D eigenvalue weighted by Crippen LogP contribution is -2.61. The van der Waals surface area contributed by atoms with E-state index in [2.05, 4.69) is 4.98 Å². The first-order valence-electron chi connectivity index (χ1n) is 12.6. The van der Waals surface area contributed by atoms with Crippen LogP contribution in [0.1, 0.15) is 48.2 Å². The fraction of sp³-hybridized carbons (Fsp3) is 0.429.